The van der Waals surface area contributed by atoms with E-state index in [0.717, 1.165) is 10.9 Å². The summed E-state index contributed by atoms with van der Waals surface area (Å²) in [4.78, 5) is 62.3. The highest BCUT2D eigenvalue weighted by molar-refractivity contribution is 6.34. The minimum absolute atomic E-state index is 0.0146. The van der Waals surface area contributed by atoms with E-state index in [1.807, 2.05) is 20.8 Å². The fourth-order valence-corrected chi connectivity index (χ4v) is 6.04. The number of nitrogens with two attached hydrogens (primary N) is 1. The smallest absolute Gasteiger partial charge is 0.435 e. The molecule has 1 aliphatic heterocycles. The van der Waals surface area contributed by atoms with Crippen LogP contribution in [0.2, 0.25) is 5.02 Å². The summed E-state index contributed by atoms with van der Waals surface area (Å²) < 4.78 is 49.5. The third kappa shape index (κ3) is 8.88. The first-order valence-corrected chi connectivity index (χ1v) is 16.5. The highest BCUT2D eigenvalue weighted by atomic mass is 35.5. The van der Waals surface area contributed by atoms with E-state index in [0.29, 0.717) is 5.56 Å². The van der Waals surface area contributed by atoms with Crippen molar-refractivity contribution >= 4 is 41.1 Å². The van der Waals surface area contributed by atoms with Gasteiger partial charge in [0.15, 0.2) is 17.6 Å². The zero-order valence-corrected chi connectivity index (χ0v) is 29.5. The Hall–Kier alpha value is -5.45. The van der Waals surface area contributed by atoms with Crippen LogP contribution in [0.1, 0.15) is 59.4 Å². The van der Waals surface area contributed by atoms with Gasteiger partial charge in [-0.1, -0.05) is 38.4 Å². The number of nitrogens with one attached hydrogen (secondary N) is 1. The first-order chi connectivity index (χ1) is 24.4. The van der Waals surface area contributed by atoms with Gasteiger partial charge in [-0.15, -0.1) is 0 Å². The van der Waals surface area contributed by atoms with Gasteiger partial charge < -0.3 is 30.2 Å². The lowest BCUT2D eigenvalue weighted by molar-refractivity contribution is -0.143. The molecule has 1 saturated heterocycles. The highest BCUT2D eigenvalue weighted by Gasteiger charge is 2.39. The molecule has 18 heteroatoms. The van der Waals surface area contributed by atoms with Crippen LogP contribution in [-0.2, 0) is 29.3 Å². The van der Waals surface area contributed by atoms with Gasteiger partial charge in [-0.2, -0.15) is 18.3 Å². The molecular formula is C34H37ClF3N9O5. The molecule has 3 aromatic heterocycles. The number of ether oxygens (including phenoxy) is 1. The molecule has 3 N–H and O–H groups in total. The number of anilines is 1. The number of alkyl halides is 3. The van der Waals surface area contributed by atoms with Crippen molar-refractivity contribution in [2.75, 3.05) is 31.5 Å². The lowest BCUT2D eigenvalue weighted by Crippen LogP contribution is -2.54. The van der Waals surface area contributed by atoms with Gasteiger partial charge in [0, 0.05) is 57.5 Å². The zero-order valence-electron chi connectivity index (χ0n) is 28.8. The Morgan fingerprint density at radius 2 is 1.73 bits per heavy atom. The molecular weight excluding hydrogens is 707 g/mol. The van der Waals surface area contributed by atoms with Crippen molar-refractivity contribution in [2.45, 2.75) is 46.0 Å². The Bertz CT molecular complexity index is 1970. The lowest BCUT2D eigenvalue weighted by Gasteiger charge is -2.37. The van der Waals surface area contributed by atoms with Gasteiger partial charge in [-0.3, -0.25) is 24.0 Å². The maximum absolute atomic E-state index is 14.0. The van der Waals surface area contributed by atoms with E-state index in [4.69, 9.17) is 22.1 Å². The average Bonchev–Trinajstić information content (AvgIpc) is 3.67. The van der Waals surface area contributed by atoms with Crippen molar-refractivity contribution in [3.05, 3.63) is 82.8 Å². The number of amides is 4. The van der Waals surface area contributed by atoms with Gasteiger partial charge in [0.05, 0.1) is 34.6 Å². The summed E-state index contributed by atoms with van der Waals surface area (Å²) in [5, 5.41) is 6.42. The van der Waals surface area contributed by atoms with Crippen LogP contribution in [0, 0.1) is 5.41 Å². The largest absolute Gasteiger partial charge is 0.436 e. The number of hydrogen-bond acceptors (Lipinski definition) is 8. The number of piperazine rings is 1. The van der Waals surface area contributed by atoms with Crippen molar-refractivity contribution in [2.24, 2.45) is 18.2 Å². The molecule has 5 rings (SSSR count). The Balaban J connectivity index is 1.24. The van der Waals surface area contributed by atoms with E-state index in [9.17, 15) is 32.3 Å². The fourth-order valence-electron chi connectivity index (χ4n) is 5.78. The molecule has 1 aromatic carbocycles. The number of nitrogens with zero attached hydrogens (tertiary/aromatic N) is 7. The van der Waals surface area contributed by atoms with E-state index in [1.165, 1.54) is 52.0 Å². The molecule has 1 unspecified atom stereocenters. The number of carbonyl (C=O) groups is 4. The number of imidazole rings is 1. The molecule has 4 heterocycles. The molecule has 0 saturated carbocycles. The number of benzene rings is 1. The van der Waals surface area contributed by atoms with Crippen LogP contribution in [0.4, 0.5) is 23.7 Å². The number of halogens is 4. The molecule has 276 valence electrons. The molecule has 4 aromatic rings. The maximum Gasteiger partial charge on any atom is 0.435 e. The summed E-state index contributed by atoms with van der Waals surface area (Å²) in [6.45, 7) is 6.54. The number of primary amides is 1. The molecule has 0 aliphatic carbocycles. The predicted octanol–water partition coefficient (Wildman–Crippen LogP) is 4.84. The number of aromatic nitrogens is 5. The van der Waals surface area contributed by atoms with Crippen LogP contribution in [0.3, 0.4) is 0 Å². The predicted molar refractivity (Wildman–Crippen MR) is 183 cm³/mol. The van der Waals surface area contributed by atoms with Gasteiger partial charge in [-0.25, -0.2) is 9.78 Å². The van der Waals surface area contributed by atoms with Crippen LogP contribution in [0.5, 0.6) is 0 Å². The molecule has 14 nitrogen and oxygen atoms in total. The number of carbonyl (C=O) groups excluding carboxylic acids is 4. The second kappa shape index (κ2) is 15.0. The second-order valence-electron chi connectivity index (χ2n) is 13.4. The SMILES string of the molecule is Cn1c(-c2cn(Cc3cccnc3)nc2C(F)(F)F)cnc1C(=O)Nc1ccc(C(=O)N2CCN(C(=O)C(CC(C)(C)C)OC(N)=O)CC2)c(Cl)c1. The summed E-state index contributed by atoms with van der Waals surface area (Å²) in [6, 6.07) is 7.65. The lowest BCUT2D eigenvalue weighted by atomic mass is 9.88. The Morgan fingerprint density at radius 1 is 1.04 bits per heavy atom. The number of hydrogen-bond donors (Lipinski definition) is 2. The minimum atomic E-state index is -4.78. The molecule has 1 fully saturated rings. The quantitative estimate of drug-likeness (QED) is 0.246. The van der Waals surface area contributed by atoms with Crippen LogP contribution in [-0.4, -0.2) is 90.2 Å². The molecule has 0 bridgehead atoms. The Kier molecular flexibility index (Phi) is 10.9. The van der Waals surface area contributed by atoms with Gasteiger partial charge in [-0.05, 0) is 41.7 Å². The van der Waals surface area contributed by atoms with E-state index >= 15 is 0 Å². The molecule has 4 amide bonds. The number of rotatable bonds is 9. The van der Waals surface area contributed by atoms with Crippen molar-refractivity contribution < 1.29 is 37.1 Å². The topological polar surface area (TPSA) is 171 Å². The molecule has 0 spiro atoms. The van der Waals surface area contributed by atoms with Gasteiger partial charge >= 0.3 is 12.3 Å². The monoisotopic (exact) mass is 743 g/mol. The molecule has 0 radical (unpaired) electrons. The van der Waals surface area contributed by atoms with Crippen molar-refractivity contribution in [3.63, 3.8) is 0 Å². The zero-order chi connectivity index (χ0) is 38.0. The van der Waals surface area contributed by atoms with Gasteiger partial charge in [0.25, 0.3) is 17.7 Å². The molecule has 52 heavy (non-hydrogen) atoms. The van der Waals surface area contributed by atoms with E-state index in [1.54, 1.807) is 18.3 Å². The van der Waals surface area contributed by atoms with Crippen molar-refractivity contribution in [1.29, 1.82) is 0 Å². The standard InChI is InChI=1S/C34H37ClF3N9O5/c1-33(2,3)15-26(52-32(39)51)31(50)46-12-10-45(11-13-46)30(49)22-8-7-21(14-24(22)35)42-29(48)28-41-17-25(44(28)4)23-19-47(43-27(23)34(36,37)38)18-20-6-5-9-40-16-20/h5-9,14,16-17,19,26H,10-13,15,18H2,1-4H3,(H2,39,51)(H,42,48). The minimum Gasteiger partial charge on any atom is -0.436 e. The first kappa shape index (κ1) is 37.8. The summed E-state index contributed by atoms with van der Waals surface area (Å²) in [6.07, 6.45) is -1.13. The third-order valence-electron chi connectivity index (χ3n) is 8.23. The Labute approximate surface area is 301 Å². The average molecular weight is 744 g/mol. The van der Waals surface area contributed by atoms with Crippen LogP contribution >= 0.6 is 11.6 Å². The van der Waals surface area contributed by atoms with Crippen molar-refractivity contribution in [1.82, 2.24) is 34.1 Å². The second-order valence-corrected chi connectivity index (χ2v) is 13.8. The maximum atomic E-state index is 14.0. The fraction of sp³-hybridized carbons (Fsp3) is 0.382. The normalized spacial score (nSPS) is 14.2. The molecule has 1 aliphatic rings. The summed E-state index contributed by atoms with van der Waals surface area (Å²) >= 11 is 6.48. The third-order valence-corrected chi connectivity index (χ3v) is 8.55. The van der Waals surface area contributed by atoms with E-state index in [2.05, 4.69) is 20.4 Å². The number of pyridine rings is 1. The van der Waals surface area contributed by atoms with E-state index in [-0.39, 0.29) is 77.9 Å². The van der Waals surface area contributed by atoms with Gasteiger partial charge in [0.2, 0.25) is 0 Å². The summed E-state index contributed by atoms with van der Waals surface area (Å²) in [7, 11) is 1.41. The first-order valence-electron chi connectivity index (χ1n) is 16.1. The summed E-state index contributed by atoms with van der Waals surface area (Å²) in [5.74, 6) is -1.70. The van der Waals surface area contributed by atoms with Crippen LogP contribution in [0.15, 0.2) is 55.1 Å². The van der Waals surface area contributed by atoms with Crippen molar-refractivity contribution in [3.8, 4) is 11.3 Å². The van der Waals surface area contributed by atoms with Crippen LogP contribution < -0.4 is 11.1 Å². The van der Waals surface area contributed by atoms with Gasteiger partial charge in [0.1, 0.15) is 0 Å². The highest BCUT2D eigenvalue weighted by Crippen LogP contribution is 2.36. The molecule has 1 atom stereocenters. The van der Waals surface area contributed by atoms with Crippen LogP contribution in [0.25, 0.3) is 11.3 Å². The van der Waals surface area contributed by atoms with E-state index < -0.39 is 41.8 Å². The summed E-state index contributed by atoms with van der Waals surface area (Å²) in [5.41, 5.74) is 4.52. The Morgan fingerprint density at radius 3 is 2.33 bits per heavy atom.